The van der Waals surface area contributed by atoms with E-state index in [1.54, 1.807) is 6.07 Å². The largest absolute Gasteiger partial charge is 0.384 e. The molecule has 2 N–H and O–H groups in total. The first-order valence-corrected chi connectivity index (χ1v) is 6.21. The first kappa shape index (κ1) is 11.1. The molecule has 84 valence electrons. The zero-order valence-corrected chi connectivity index (χ0v) is 9.75. The first-order valence-electron chi connectivity index (χ1n) is 5.10. The molecule has 0 heterocycles. The van der Waals surface area contributed by atoms with Crippen LogP contribution in [0.25, 0.3) is 10.8 Å². The number of hydrogen-bond acceptors (Lipinski definition) is 2. The van der Waals surface area contributed by atoms with Gasteiger partial charge in [0.1, 0.15) is 0 Å². The van der Waals surface area contributed by atoms with Crippen molar-refractivity contribution in [2.24, 2.45) is 0 Å². The Labute approximate surface area is 96.8 Å². The SMILES string of the molecule is CCNc1c(S(=O)O)ccc2ccccc12. The van der Waals surface area contributed by atoms with Crippen LogP contribution in [0.15, 0.2) is 41.3 Å². The number of benzene rings is 2. The molecule has 0 aliphatic carbocycles. The maximum Gasteiger partial charge on any atom is 0.188 e. The number of rotatable bonds is 3. The van der Waals surface area contributed by atoms with Crippen LogP contribution in [-0.4, -0.2) is 15.3 Å². The molecule has 0 radical (unpaired) electrons. The highest BCUT2D eigenvalue weighted by Gasteiger charge is 2.10. The third-order valence-electron chi connectivity index (χ3n) is 2.43. The molecular weight excluding hydrogens is 222 g/mol. The van der Waals surface area contributed by atoms with Gasteiger partial charge in [0.15, 0.2) is 11.1 Å². The minimum absolute atomic E-state index is 0.431. The monoisotopic (exact) mass is 235 g/mol. The van der Waals surface area contributed by atoms with Crippen LogP contribution in [0.5, 0.6) is 0 Å². The Kier molecular flexibility index (Phi) is 3.22. The highest BCUT2D eigenvalue weighted by Crippen LogP contribution is 2.29. The standard InChI is InChI=1S/C12H13NO2S/c1-2-13-12-10-6-4-3-5-9(10)7-8-11(12)16(14)15/h3-8,13H,2H2,1H3,(H,14,15). The van der Waals surface area contributed by atoms with E-state index in [0.717, 1.165) is 23.0 Å². The Morgan fingerprint density at radius 2 is 2.00 bits per heavy atom. The molecule has 3 nitrogen and oxygen atoms in total. The van der Waals surface area contributed by atoms with Gasteiger partial charge in [0.25, 0.3) is 0 Å². The van der Waals surface area contributed by atoms with E-state index in [4.69, 9.17) is 0 Å². The van der Waals surface area contributed by atoms with Crippen molar-refractivity contribution in [1.82, 2.24) is 0 Å². The van der Waals surface area contributed by atoms with Crippen molar-refractivity contribution < 1.29 is 8.76 Å². The van der Waals surface area contributed by atoms with Crippen molar-refractivity contribution >= 4 is 27.5 Å². The molecule has 0 saturated carbocycles. The topological polar surface area (TPSA) is 49.3 Å². The molecule has 0 amide bonds. The molecule has 0 spiro atoms. The van der Waals surface area contributed by atoms with Crippen LogP contribution in [0.4, 0.5) is 5.69 Å². The Bertz CT molecular complexity index is 540. The summed E-state index contributed by atoms with van der Waals surface area (Å²) in [6.45, 7) is 2.68. The third-order valence-corrected chi connectivity index (χ3v) is 3.15. The smallest absolute Gasteiger partial charge is 0.188 e. The van der Waals surface area contributed by atoms with Crippen molar-refractivity contribution in [2.45, 2.75) is 11.8 Å². The fraction of sp³-hybridized carbons (Fsp3) is 0.167. The summed E-state index contributed by atoms with van der Waals surface area (Å²) in [6.07, 6.45) is 0. The number of hydrogen-bond donors (Lipinski definition) is 2. The Hall–Kier alpha value is -1.39. The van der Waals surface area contributed by atoms with Crippen LogP contribution in [-0.2, 0) is 11.1 Å². The second-order valence-electron chi connectivity index (χ2n) is 3.44. The molecule has 0 fully saturated rings. The van der Waals surface area contributed by atoms with Crippen LogP contribution >= 0.6 is 0 Å². The summed E-state index contributed by atoms with van der Waals surface area (Å²) >= 11 is -1.96. The van der Waals surface area contributed by atoms with E-state index < -0.39 is 11.1 Å². The lowest BCUT2D eigenvalue weighted by molar-refractivity contribution is 0.565. The van der Waals surface area contributed by atoms with Crippen LogP contribution in [0.1, 0.15) is 6.92 Å². The Morgan fingerprint density at radius 1 is 1.25 bits per heavy atom. The van der Waals surface area contributed by atoms with E-state index in [1.165, 1.54) is 0 Å². The van der Waals surface area contributed by atoms with Gasteiger partial charge in [-0.3, -0.25) is 0 Å². The fourth-order valence-corrected chi connectivity index (χ4v) is 2.30. The summed E-state index contributed by atoms with van der Waals surface area (Å²) in [5.74, 6) is 0. The van der Waals surface area contributed by atoms with E-state index >= 15 is 0 Å². The molecule has 0 aliphatic heterocycles. The second-order valence-corrected chi connectivity index (χ2v) is 4.38. The molecule has 2 rings (SSSR count). The zero-order valence-electron chi connectivity index (χ0n) is 8.93. The van der Waals surface area contributed by atoms with Crippen molar-refractivity contribution in [3.05, 3.63) is 36.4 Å². The van der Waals surface area contributed by atoms with Crippen molar-refractivity contribution in [2.75, 3.05) is 11.9 Å². The molecule has 0 aliphatic rings. The summed E-state index contributed by atoms with van der Waals surface area (Å²) in [5.41, 5.74) is 0.751. The second kappa shape index (κ2) is 4.63. The molecule has 0 aromatic heterocycles. The normalized spacial score (nSPS) is 12.6. The van der Waals surface area contributed by atoms with Crippen LogP contribution in [0.3, 0.4) is 0 Å². The lowest BCUT2D eigenvalue weighted by Gasteiger charge is -2.11. The van der Waals surface area contributed by atoms with Crippen molar-refractivity contribution in [1.29, 1.82) is 0 Å². The molecule has 1 atom stereocenters. The molecule has 2 aromatic carbocycles. The summed E-state index contributed by atoms with van der Waals surface area (Å²) in [6, 6.07) is 11.4. The van der Waals surface area contributed by atoms with Gasteiger partial charge in [-0.15, -0.1) is 0 Å². The van der Waals surface area contributed by atoms with Gasteiger partial charge in [0.05, 0.1) is 10.6 Å². The summed E-state index contributed by atoms with van der Waals surface area (Å²) in [5, 5.41) is 5.19. The van der Waals surface area contributed by atoms with E-state index in [-0.39, 0.29) is 0 Å². The molecule has 16 heavy (non-hydrogen) atoms. The van der Waals surface area contributed by atoms with Gasteiger partial charge in [0.2, 0.25) is 0 Å². The van der Waals surface area contributed by atoms with Crippen LogP contribution in [0.2, 0.25) is 0 Å². The van der Waals surface area contributed by atoms with Gasteiger partial charge in [-0.2, -0.15) is 0 Å². The predicted molar refractivity (Wildman–Crippen MR) is 67.1 cm³/mol. The Morgan fingerprint density at radius 3 is 2.69 bits per heavy atom. The first-order chi connectivity index (χ1) is 7.74. The summed E-state index contributed by atoms with van der Waals surface area (Å²) in [7, 11) is 0. The lowest BCUT2D eigenvalue weighted by atomic mass is 10.1. The van der Waals surface area contributed by atoms with Gasteiger partial charge in [-0.25, -0.2) is 4.21 Å². The fourth-order valence-electron chi connectivity index (χ4n) is 1.76. The number of nitrogens with one attached hydrogen (secondary N) is 1. The van der Waals surface area contributed by atoms with Gasteiger partial charge in [-0.1, -0.05) is 30.3 Å². The maximum absolute atomic E-state index is 11.2. The molecule has 0 bridgehead atoms. The quantitative estimate of drug-likeness (QED) is 0.804. The molecular formula is C12H13NO2S. The van der Waals surface area contributed by atoms with E-state index in [2.05, 4.69) is 5.32 Å². The maximum atomic E-state index is 11.2. The van der Waals surface area contributed by atoms with Crippen molar-refractivity contribution in [3.63, 3.8) is 0 Å². The highest BCUT2D eigenvalue weighted by molar-refractivity contribution is 7.79. The van der Waals surface area contributed by atoms with Gasteiger partial charge in [0, 0.05) is 11.9 Å². The lowest BCUT2D eigenvalue weighted by Crippen LogP contribution is -2.02. The van der Waals surface area contributed by atoms with Crippen molar-refractivity contribution in [3.8, 4) is 0 Å². The van der Waals surface area contributed by atoms with E-state index in [1.807, 2.05) is 37.3 Å². The molecule has 0 saturated heterocycles. The average molecular weight is 235 g/mol. The van der Waals surface area contributed by atoms with E-state index in [0.29, 0.717) is 4.90 Å². The van der Waals surface area contributed by atoms with E-state index in [9.17, 15) is 8.76 Å². The number of fused-ring (bicyclic) bond motifs is 1. The number of anilines is 1. The Balaban J connectivity index is 2.73. The third kappa shape index (κ3) is 1.94. The van der Waals surface area contributed by atoms with Gasteiger partial charge in [-0.05, 0) is 18.4 Å². The van der Waals surface area contributed by atoms with Crippen LogP contribution < -0.4 is 5.32 Å². The van der Waals surface area contributed by atoms with Crippen LogP contribution in [0, 0.1) is 0 Å². The average Bonchev–Trinajstić information content (AvgIpc) is 2.29. The highest BCUT2D eigenvalue weighted by atomic mass is 32.2. The molecule has 1 unspecified atom stereocenters. The predicted octanol–water partition coefficient (Wildman–Crippen LogP) is 2.85. The van der Waals surface area contributed by atoms with Gasteiger partial charge < -0.3 is 9.87 Å². The minimum atomic E-state index is -1.96. The summed E-state index contributed by atoms with van der Waals surface area (Å²) in [4.78, 5) is 0.431. The zero-order chi connectivity index (χ0) is 11.5. The van der Waals surface area contributed by atoms with Gasteiger partial charge >= 0.3 is 0 Å². The molecule has 4 heteroatoms. The molecule has 2 aromatic rings. The summed E-state index contributed by atoms with van der Waals surface area (Å²) < 4.78 is 20.4. The minimum Gasteiger partial charge on any atom is -0.384 e.